The molecule has 0 aliphatic rings. The Morgan fingerprint density at radius 2 is 1.77 bits per heavy atom. The molecule has 2 aromatic heterocycles. The van der Waals surface area contributed by atoms with Gasteiger partial charge in [0.15, 0.2) is 5.82 Å². The molecule has 0 spiro atoms. The largest absolute Gasteiger partial charge is 0.467 e. The van der Waals surface area contributed by atoms with Crippen LogP contribution in [0, 0.1) is 0 Å². The van der Waals surface area contributed by atoms with Crippen LogP contribution >= 0.6 is 0 Å². The van der Waals surface area contributed by atoms with Gasteiger partial charge in [-0.25, -0.2) is 9.78 Å². The molecule has 0 fully saturated rings. The lowest BCUT2D eigenvalue weighted by atomic mass is 10.1. The molecule has 2 heterocycles. The Morgan fingerprint density at radius 3 is 2.45 bits per heavy atom. The van der Waals surface area contributed by atoms with Crippen molar-refractivity contribution in [3.05, 3.63) is 83.8 Å². The maximum atomic E-state index is 12.7. The number of aromatic nitrogens is 2. The number of azo groups is 1. The second kappa shape index (κ2) is 14.6. The van der Waals surface area contributed by atoms with E-state index >= 15 is 0 Å². The maximum absolute atomic E-state index is 12.7. The molecule has 1 unspecified atom stereocenters. The fourth-order valence-electron chi connectivity index (χ4n) is 3.55. The first-order valence-electron chi connectivity index (χ1n) is 12.2. The van der Waals surface area contributed by atoms with Crippen LogP contribution in [-0.2, 0) is 26.2 Å². The molecule has 3 N–H and O–H groups in total. The molecule has 2 amide bonds. The van der Waals surface area contributed by atoms with E-state index in [0.29, 0.717) is 31.5 Å². The molecule has 0 radical (unpaired) electrons. The first kappa shape index (κ1) is 30.0. The molecule has 0 aliphatic carbocycles. The summed E-state index contributed by atoms with van der Waals surface area (Å²) in [6.45, 7) is 0.256. The fourth-order valence-corrected chi connectivity index (χ4v) is 4.26. The van der Waals surface area contributed by atoms with Crippen molar-refractivity contribution in [2.45, 2.75) is 36.7 Å². The normalized spacial score (nSPS) is 12.1. The lowest BCUT2D eigenvalue weighted by Crippen LogP contribution is -2.41. The molecule has 210 valence electrons. The lowest BCUT2D eigenvalue weighted by molar-refractivity contribution is -0.143. The van der Waals surface area contributed by atoms with Crippen LogP contribution in [0.3, 0.4) is 0 Å². The average molecular weight is 569 g/mol. The molecule has 40 heavy (non-hydrogen) atoms. The third-order valence-electron chi connectivity index (χ3n) is 5.57. The number of unbranched alkanes of at least 4 members (excludes halogenated alkanes) is 1. The van der Waals surface area contributed by atoms with Crippen LogP contribution in [0.1, 0.15) is 45.7 Å². The third-order valence-corrected chi connectivity index (χ3v) is 6.52. The highest BCUT2D eigenvalue weighted by Crippen LogP contribution is 2.17. The molecular weight excluding hydrogens is 540 g/mol. The van der Waals surface area contributed by atoms with Crippen LogP contribution in [0.5, 0.6) is 0 Å². The summed E-state index contributed by atoms with van der Waals surface area (Å²) in [6.07, 6.45) is 4.18. The van der Waals surface area contributed by atoms with Crippen LogP contribution in [0.25, 0.3) is 0 Å². The summed E-state index contributed by atoms with van der Waals surface area (Å²) in [5.41, 5.74) is 0.743. The average Bonchev–Trinajstić information content (AvgIpc) is 2.96. The number of carbonyl (C=O) groups excluding carboxylic acids is 3. The smallest absolute Gasteiger partial charge is 0.328 e. The number of benzene rings is 1. The Labute approximate surface area is 230 Å². The molecule has 3 rings (SSSR count). The molecule has 1 aromatic carbocycles. The van der Waals surface area contributed by atoms with Gasteiger partial charge in [-0.3, -0.25) is 19.1 Å². The zero-order valence-corrected chi connectivity index (χ0v) is 22.4. The summed E-state index contributed by atoms with van der Waals surface area (Å²) in [7, 11) is -3.17. The molecule has 14 heteroatoms. The van der Waals surface area contributed by atoms with Gasteiger partial charge in [0.2, 0.25) is 0 Å². The summed E-state index contributed by atoms with van der Waals surface area (Å²) in [5, 5.41) is 13.2. The minimum absolute atomic E-state index is 0.118. The highest BCUT2D eigenvalue weighted by molar-refractivity contribution is 7.85. The van der Waals surface area contributed by atoms with E-state index in [4.69, 9.17) is 4.74 Å². The number of nitrogens with one attached hydrogen (secondary N) is 2. The summed E-state index contributed by atoms with van der Waals surface area (Å²) in [5.74, 6) is -1.28. The van der Waals surface area contributed by atoms with E-state index in [1.807, 2.05) is 0 Å². The number of hydrogen-bond donors (Lipinski definition) is 3. The van der Waals surface area contributed by atoms with Crippen molar-refractivity contribution in [2.75, 3.05) is 13.7 Å². The fraction of sp³-hybridized carbons (Fsp3) is 0.269. The number of carbonyl (C=O) groups is 3. The Bertz CT molecular complexity index is 1450. The predicted molar refractivity (Wildman–Crippen MR) is 142 cm³/mol. The van der Waals surface area contributed by atoms with Gasteiger partial charge in [-0.15, -0.1) is 5.11 Å². The van der Waals surface area contributed by atoms with Crippen LogP contribution < -0.4 is 10.6 Å². The number of amides is 2. The Balaban J connectivity index is 1.50. The van der Waals surface area contributed by atoms with Gasteiger partial charge in [-0.2, -0.15) is 13.5 Å². The first-order valence-corrected chi connectivity index (χ1v) is 13.6. The maximum Gasteiger partial charge on any atom is 0.328 e. The van der Waals surface area contributed by atoms with E-state index in [-0.39, 0.29) is 34.3 Å². The monoisotopic (exact) mass is 568 g/mol. The zero-order valence-electron chi connectivity index (χ0n) is 21.6. The number of hydrogen-bond acceptors (Lipinski definition) is 10. The van der Waals surface area contributed by atoms with E-state index in [1.54, 1.807) is 24.3 Å². The predicted octanol–water partition coefficient (Wildman–Crippen LogP) is 2.88. The second-order valence-corrected chi connectivity index (χ2v) is 9.79. The first-order chi connectivity index (χ1) is 19.2. The Hall–Kier alpha value is -4.56. The van der Waals surface area contributed by atoms with Crippen molar-refractivity contribution in [1.29, 1.82) is 0 Å². The van der Waals surface area contributed by atoms with Crippen molar-refractivity contribution >= 4 is 33.7 Å². The Kier molecular flexibility index (Phi) is 10.9. The summed E-state index contributed by atoms with van der Waals surface area (Å²) >= 11 is 0. The molecule has 0 aliphatic heterocycles. The van der Waals surface area contributed by atoms with Gasteiger partial charge in [0.05, 0.1) is 24.1 Å². The van der Waals surface area contributed by atoms with Gasteiger partial charge >= 0.3 is 5.97 Å². The number of ether oxygens (including phenoxy) is 1. The van der Waals surface area contributed by atoms with Crippen molar-refractivity contribution < 1.29 is 32.1 Å². The van der Waals surface area contributed by atoms with Gasteiger partial charge in [-0.1, -0.05) is 24.3 Å². The van der Waals surface area contributed by atoms with Gasteiger partial charge in [0.25, 0.3) is 21.9 Å². The minimum Gasteiger partial charge on any atom is -0.467 e. The number of methoxy groups -OCH3 is 1. The highest BCUT2D eigenvalue weighted by Gasteiger charge is 2.22. The Morgan fingerprint density at radius 1 is 1.00 bits per heavy atom. The topological polar surface area (TPSA) is 189 Å². The molecule has 0 bridgehead atoms. The minimum atomic E-state index is -4.40. The van der Waals surface area contributed by atoms with Crippen LogP contribution in [0.15, 0.2) is 82.1 Å². The van der Waals surface area contributed by atoms with E-state index < -0.39 is 28.0 Å². The van der Waals surface area contributed by atoms with Crippen molar-refractivity contribution in [2.24, 2.45) is 10.2 Å². The summed E-state index contributed by atoms with van der Waals surface area (Å²) in [6, 6.07) is 12.9. The zero-order chi connectivity index (χ0) is 29.0. The lowest BCUT2D eigenvalue weighted by Gasteiger charge is -2.16. The third kappa shape index (κ3) is 9.03. The van der Waals surface area contributed by atoms with E-state index in [9.17, 15) is 27.4 Å². The molecule has 3 aromatic rings. The molecule has 0 saturated heterocycles. The molecule has 13 nitrogen and oxygen atoms in total. The quantitative estimate of drug-likeness (QED) is 0.120. The van der Waals surface area contributed by atoms with Gasteiger partial charge < -0.3 is 15.4 Å². The van der Waals surface area contributed by atoms with Gasteiger partial charge in [0.1, 0.15) is 11.7 Å². The highest BCUT2D eigenvalue weighted by atomic mass is 32.2. The molecule has 0 saturated carbocycles. The van der Waals surface area contributed by atoms with Gasteiger partial charge in [-0.05, 0) is 55.2 Å². The van der Waals surface area contributed by atoms with Crippen molar-refractivity contribution in [3.8, 4) is 0 Å². The summed E-state index contributed by atoms with van der Waals surface area (Å²) < 4.78 is 37.1. The number of rotatable bonds is 13. The van der Waals surface area contributed by atoms with Crippen LogP contribution in [0.4, 0.5) is 5.82 Å². The van der Waals surface area contributed by atoms with Crippen molar-refractivity contribution in [1.82, 2.24) is 20.6 Å². The standard InChI is InChI=1S/C26H28N6O7S/c1-39-26(35)21(10-5-7-15-28-25(34)20-9-4-6-14-27-20)31-24(33)19-12-13-23(29-16-19)32-30-17-18-8-2-3-11-22(18)40(36,37)38/h2-4,6,8-9,11-14,16,21H,5,7,10,15,17H2,1H3,(H,28,34)(H,31,33)(H,36,37,38). The number of esters is 1. The number of pyridine rings is 2. The molecule has 1 atom stereocenters. The van der Waals surface area contributed by atoms with Gasteiger partial charge in [0, 0.05) is 18.9 Å². The van der Waals surface area contributed by atoms with E-state index in [1.165, 1.54) is 49.8 Å². The summed E-state index contributed by atoms with van der Waals surface area (Å²) in [4.78, 5) is 44.7. The van der Waals surface area contributed by atoms with Crippen molar-refractivity contribution in [3.63, 3.8) is 0 Å². The molecular formula is C26H28N6O7S. The van der Waals surface area contributed by atoms with E-state index in [0.717, 1.165) is 0 Å². The SMILES string of the molecule is COC(=O)C(CCCCNC(=O)c1ccccn1)NC(=O)c1ccc(N=NCc2ccccc2S(=O)(=O)O)nc1. The van der Waals surface area contributed by atoms with Crippen LogP contribution in [-0.4, -0.2) is 60.4 Å². The number of nitrogens with zero attached hydrogens (tertiary/aromatic N) is 4. The van der Waals surface area contributed by atoms with E-state index in [2.05, 4.69) is 30.8 Å². The second-order valence-electron chi connectivity index (χ2n) is 8.40. The van der Waals surface area contributed by atoms with Crippen LogP contribution in [0.2, 0.25) is 0 Å².